The van der Waals surface area contributed by atoms with Crippen molar-refractivity contribution in [3.63, 3.8) is 0 Å². The summed E-state index contributed by atoms with van der Waals surface area (Å²) in [7, 11) is -3.47. The minimum atomic E-state index is -3.47. The molecule has 1 aliphatic carbocycles. The van der Waals surface area contributed by atoms with Gasteiger partial charge < -0.3 is 9.84 Å². The van der Waals surface area contributed by atoms with Gasteiger partial charge in [0.05, 0.1) is 23.5 Å². The van der Waals surface area contributed by atoms with Gasteiger partial charge in [-0.15, -0.1) is 0 Å². The van der Waals surface area contributed by atoms with Gasteiger partial charge in [0.15, 0.2) is 9.84 Å². The van der Waals surface area contributed by atoms with E-state index in [0.29, 0.717) is 18.4 Å². The van der Waals surface area contributed by atoms with Crippen molar-refractivity contribution in [1.29, 1.82) is 5.26 Å². The normalized spacial score (nSPS) is 22.7. The number of sulfone groups is 1. The average Bonchev–Trinajstić information content (AvgIpc) is 2.66. The quantitative estimate of drug-likeness (QED) is 0.869. The van der Waals surface area contributed by atoms with E-state index in [1.165, 1.54) is 25.1 Å². The highest BCUT2D eigenvalue weighted by Gasteiger charge is 2.21. The molecule has 26 heavy (non-hydrogen) atoms. The summed E-state index contributed by atoms with van der Waals surface area (Å²) in [4.78, 5) is 0.111. The van der Waals surface area contributed by atoms with E-state index in [4.69, 9.17) is 10.00 Å². The van der Waals surface area contributed by atoms with Gasteiger partial charge in [-0.1, -0.05) is 13.5 Å². The molecule has 1 atom stereocenters. The predicted octanol–water partition coefficient (Wildman–Crippen LogP) is 3.38. The summed E-state index contributed by atoms with van der Waals surface area (Å²) in [5.41, 5.74) is 0.646. The van der Waals surface area contributed by atoms with Gasteiger partial charge in [-0.2, -0.15) is 5.26 Å². The predicted molar refractivity (Wildman–Crippen MR) is 96.4 cm³/mol. The van der Waals surface area contributed by atoms with Crippen LogP contribution in [0.4, 0.5) is 4.39 Å². The molecule has 1 N–H and O–H groups in total. The lowest BCUT2D eigenvalue weighted by molar-refractivity contribution is 0.166. The molecule has 0 saturated carbocycles. The summed E-state index contributed by atoms with van der Waals surface area (Å²) in [6.45, 7) is 5.43. The van der Waals surface area contributed by atoms with Crippen LogP contribution in [0, 0.1) is 17.1 Å². The molecular formula is C19H20FNO4S. The summed E-state index contributed by atoms with van der Waals surface area (Å²) >= 11 is 0. The van der Waals surface area contributed by atoms with Crippen LogP contribution in [0.1, 0.15) is 31.7 Å². The number of aliphatic hydroxyl groups is 1. The number of allylic oxidation sites excluding steroid dienone is 3. The van der Waals surface area contributed by atoms with Crippen LogP contribution in [-0.4, -0.2) is 25.4 Å². The van der Waals surface area contributed by atoms with Crippen molar-refractivity contribution < 1.29 is 22.7 Å². The van der Waals surface area contributed by atoms with Crippen molar-refractivity contribution in [2.75, 3.05) is 5.75 Å². The van der Waals surface area contributed by atoms with Crippen molar-refractivity contribution in [1.82, 2.24) is 0 Å². The lowest BCUT2D eigenvalue weighted by Crippen LogP contribution is -2.14. The Balaban J connectivity index is 2.43. The Labute approximate surface area is 152 Å². The van der Waals surface area contributed by atoms with Crippen LogP contribution in [0.15, 0.2) is 53.2 Å². The van der Waals surface area contributed by atoms with Gasteiger partial charge in [-0.3, -0.25) is 0 Å². The fraction of sp³-hybridized carbons (Fsp3) is 0.316. The molecule has 2 rings (SSSR count). The molecule has 7 heteroatoms. The maximum absolute atomic E-state index is 13.6. The lowest BCUT2D eigenvalue weighted by Gasteiger charge is -2.14. The van der Waals surface area contributed by atoms with E-state index in [2.05, 4.69) is 6.58 Å². The minimum absolute atomic E-state index is 0.0196. The maximum Gasteiger partial charge on any atom is 0.174 e. The zero-order valence-corrected chi connectivity index (χ0v) is 15.2. The van der Waals surface area contributed by atoms with Crippen LogP contribution in [-0.2, 0) is 9.84 Å². The standard InChI is InChI=1S/C19H20FNO4S/c1-3-26(23,24)18-6-7-19(13(2)4-5-16(22)11-18)25-17-9-14(12-21)8-15(20)10-17/h6-10,16,22H,2-5,11H2,1H3/b18-6+,19-7+. The monoisotopic (exact) mass is 377 g/mol. The first-order chi connectivity index (χ1) is 12.2. The third-order valence-electron chi connectivity index (χ3n) is 3.99. The average molecular weight is 377 g/mol. The molecule has 0 aliphatic heterocycles. The van der Waals surface area contributed by atoms with Gasteiger partial charge in [-0.05, 0) is 42.7 Å². The SMILES string of the molecule is C=C1CCC(O)C/C(S(=O)(=O)CC)=C\C=C/1Oc1cc(F)cc(C#N)c1. The van der Waals surface area contributed by atoms with Crippen molar-refractivity contribution >= 4 is 9.84 Å². The molecule has 0 aromatic heterocycles. The largest absolute Gasteiger partial charge is 0.457 e. The molecule has 0 radical (unpaired) electrons. The number of nitrogens with zero attached hydrogens (tertiary/aromatic N) is 1. The highest BCUT2D eigenvalue weighted by Crippen LogP contribution is 2.27. The first-order valence-corrected chi connectivity index (χ1v) is 9.78. The molecule has 0 heterocycles. The van der Waals surface area contributed by atoms with Gasteiger partial charge in [0.1, 0.15) is 17.3 Å². The molecule has 5 nitrogen and oxygen atoms in total. The summed E-state index contributed by atoms with van der Waals surface area (Å²) in [5, 5.41) is 19.0. The van der Waals surface area contributed by atoms with E-state index >= 15 is 0 Å². The van der Waals surface area contributed by atoms with Crippen molar-refractivity contribution in [3.8, 4) is 11.8 Å². The van der Waals surface area contributed by atoms with E-state index in [-0.39, 0.29) is 34.2 Å². The molecule has 1 aromatic rings. The Morgan fingerprint density at radius 1 is 1.38 bits per heavy atom. The van der Waals surface area contributed by atoms with E-state index < -0.39 is 21.8 Å². The number of benzene rings is 1. The van der Waals surface area contributed by atoms with Crippen molar-refractivity contribution in [3.05, 3.63) is 64.5 Å². The molecular weight excluding hydrogens is 357 g/mol. The van der Waals surface area contributed by atoms with E-state index in [9.17, 15) is 17.9 Å². The lowest BCUT2D eigenvalue weighted by atomic mass is 10.1. The fourth-order valence-electron chi connectivity index (χ4n) is 2.49. The number of hydrogen-bond donors (Lipinski definition) is 1. The van der Waals surface area contributed by atoms with E-state index in [1.807, 2.05) is 6.07 Å². The first kappa shape index (κ1) is 19.9. The summed E-state index contributed by atoms with van der Waals surface area (Å²) < 4.78 is 43.6. The number of rotatable bonds is 4. The second-order valence-corrected chi connectivity index (χ2v) is 8.29. The molecule has 1 unspecified atom stereocenters. The molecule has 0 saturated heterocycles. The summed E-state index contributed by atoms with van der Waals surface area (Å²) in [5.74, 6) is -0.320. The molecule has 0 fully saturated rings. The van der Waals surface area contributed by atoms with Gasteiger partial charge in [0, 0.05) is 17.4 Å². The molecule has 0 bridgehead atoms. The second kappa shape index (κ2) is 8.30. The zero-order chi connectivity index (χ0) is 19.3. The second-order valence-electron chi connectivity index (χ2n) is 5.96. The smallest absolute Gasteiger partial charge is 0.174 e. The Hall–Kier alpha value is -2.43. The molecule has 1 aromatic carbocycles. The number of ether oxygens (including phenoxy) is 1. The van der Waals surface area contributed by atoms with Gasteiger partial charge in [-0.25, -0.2) is 12.8 Å². The third kappa shape index (κ3) is 5.04. The first-order valence-electron chi connectivity index (χ1n) is 8.13. The molecule has 1 aliphatic rings. The molecule has 0 amide bonds. The highest BCUT2D eigenvalue weighted by molar-refractivity contribution is 7.95. The Morgan fingerprint density at radius 3 is 2.77 bits per heavy atom. The van der Waals surface area contributed by atoms with Gasteiger partial charge in [0.2, 0.25) is 0 Å². The van der Waals surface area contributed by atoms with E-state index in [0.717, 1.165) is 12.1 Å². The van der Waals surface area contributed by atoms with Gasteiger partial charge >= 0.3 is 0 Å². The summed E-state index contributed by atoms with van der Waals surface area (Å²) in [6.07, 6.45) is 2.76. The van der Waals surface area contributed by atoms with Crippen LogP contribution >= 0.6 is 0 Å². The van der Waals surface area contributed by atoms with Crippen LogP contribution in [0.3, 0.4) is 0 Å². The van der Waals surface area contributed by atoms with E-state index in [1.54, 1.807) is 0 Å². The Kier molecular flexibility index (Phi) is 6.35. The Bertz CT molecular complexity index is 910. The number of halogens is 1. The van der Waals surface area contributed by atoms with Crippen LogP contribution in [0.2, 0.25) is 0 Å². The van der Waals surface area contributed by atoms with Crippen molar-refractivity contribution in [2.24, 2.45) is 0 Å². The molecule has 138 valence electrons. The fourth-order valence-corrected chi connectivity index (χ4v) is 3.58. The molecule has 0 spiro atoms. The third-order valence-corrected chi connectivity index (χ3v) is 5.85. The zero-order valence-electron chi connectivity index (χ0n) is 14.4. The number of hydrogen-bond acceptors (Lipinski definition) is 5. The number of nitriles is 1. The van der Waals surface area contributed by atoms with Crippen LogP contribution in [0.25, 0.3) is 0 Å². The van der Waals surface area contributed by atoms with Crippen LogP contribution in [0.5, 0.6) is 5.75 Å². The number of aliphatic hydroxyl groups excluding tert-OH is 1. The maximum atomic E-state index is 13.6. The van der Waals surface area contributed by atoms with Crippen LogP contribution < -0.4 is 4.74 Å². The minimum Gasteiger partial charge on any atom is -0.457 e. The summed E-state index contributed by atoms with van der Waals surface area (Å²) in [6, 6.07) is 5.44. The Morgan fingerprint density at radius 2 is 2.12 bits per heavy atom. The van der Waals surface area contributed by atoms with Crippen molar-refractivity contribution in [2.45, 2.75) is 32.3 Å². The van der Waals surface area contributed by atoms with Gasteiger partial charge in [0.25, 0.3) is 0 Å². The topological polar surface area (TPSA) is 87.4 Å². The highest BCUT2D eigenvalue weighted by atomic mass is 32.2.